The van der Waals surface area contributed by atoms with Crippen molar-refractivity contribution < 1.29 is 4.74 Å². The molecule has 1 heterocycles. The van der Waals surface area contributed by atoms with Crippen molar-refractivity contribution in [3.8, 4) is 0 Å². The van der Waals surface area contributed by atoms with Gasteiger partial charge >= 0.3 is 0 Å². The molecule has 0 aromatic carbocycles. The average molecular weight is 85.1 g/mol. The van der Waals surface area contributed by atoms with Crippen molar-refractivity contribution in [2.75, 3.05) is 13.2 Å². The van der Waals surface area contributed by atoms with E-state index in [0.29, 0.717) is 13.2 Å². The standard InChI is InChI=1S/C4H7NO/c5-4-1-2-6-3-4/h1H,2-3,5H2. The molecule has 1 aliphatic rings. The second kappa shape index (κ2) is 1.30. The Morgan fingerprint density at radius 1 is 1.83 bits per heavy atom. The van der Waals surface area contributed by atoms with Gasteiger partial charge < -0.3 is 10.5 Å². The monoisotopic (exact) mass is 85.1 g/mol. The number of ether oxygens (including phenoxy) is 1. The van der Waals surface area contributed by atoms with Gasteiger partial charge in [-0.15, -0.1) is 0 Å². The summed E-state index contributed by atoms with van der Waals surface area (Å²) in [6.07, 6.45) is 1.88. The third kappa shape index (κ3) is 0.518. The number of nitrogens with two attached hydrogens (primary N) is 1. The highest BCUT2D eigenvalue weighted by Gasteiger charge is 1.95. The van der Waals surface area contributed by atoms with Gasteiger partial charge in [0.1, 0.15) is 0 Å². The van der Waals surface area contributed by atoms with E-state index in [-0.39, 0.29) is 0 Å². The van der Waals surface area contributed by atoms with Gasteiger partial charge in [0.05, 0.1) is 13.2 Å². The van der Waals surface area contributed by atoms with Crippen molar-refractivity contribution in [1.29, 1.82) is 0 Å². The molecule has 34 valence electrons. The first-order valence-corrected chi connectivity index (χ1v) is 1.92. The minimum absolute atomic E-state index is 0.625. The molecule has 0 aliphatic carbocycles. The van der Waals surface area contributed by atoms with Gasteiger partial charge in [0.2, 0.25) is 0 Å². The molecule has 0 amide bonds. The smallest absolute Gasteiger partial charge is 0.0862 e. The first kappa shape index (κ1) is 3.68. The molecule has 2 N–H and O–H groups in total. The molecule has 2 heteroatoms. The number of hydrogen-bond donors (Lipinski definition) is 1. The van der Waals surface area contributed by atoms with Gasteiger partial charge in [-0.25, -0.2) is 0 Å². The van der Waals surface area contributed by atoms with E-state index < -0.39 is 0 Å². The Bertz CT molecular complexity index is 77.6. The lowest BCUT2D eigenvalue weighted by Crippen LogP contribution is -1.96. The number of rotatable bonds is 0. The average Bonchev–Trinajstić information content (AvgIpc) is 1.86. The molecule has 0 atom stereocenters. The molecule has 1 rings (SSSR count). The zero-order valence-electron chi connectivity index (χ0n) is 3.48. The van der Waals surface area contributed by atoms with E-state index in [1.165, 1.54) is 0 Å². The molecule has 0 radical (unpaired) electrons. The molecule has 0 aromatic heterocycles. The first-order chi connectivity index (χ1) is 2.89. The van der Waals surface area contributed by atoms with Crippen LogP contribution in [0.2, 0.25) is 0 Å². The normalized spacial score (nSPS) is 21.0. The van der Waals surface area contributed by atoms with Crippen LogP contribution in [-0.2, 0) is 4.74 Å². The van der Waals surface area contributed by atoms with E-state index in [1.54, 1.807) is 0 Å². The van der Waals surface area contributed by atoms with Crippen LogP contribution >= 0.6 is 0 Å². The van der Waals surface area contributed by atoms with E-state index in [4.69, 9.17) is 10.5 Å². The van der Waals surface area contributed by atoms with Crippen molar-refractivity contribution in [3.63, 3.8) is 0 Å². The fourth-order valence-corrected chi connectivity index (χ4v) is 0.402. The van der Waals surface area contributed by atoms with Crippen molar-refractivity contribution in [2.24, 2.45) is 5.73 Å². The van der Waals surface area contributed by atoms with Crippen LogP contribution in [-0.4, -0.2) is 13.2 Å². The predicted octanol–water partition coefficient (Wildman–Crippen LogP) is -0.141. The van der Waals surface area contributed by atoms with Gasteiger partial charge in [-0.3, -0.25) is 0 Å². The van der Waals surface area contributed by atoms with Gasteiger partial charge in [-0.05, 0) is 6.08 Å². The molecule has 0 aromatic rings. The summed E-state index contributed by atoms with van der Waals surface area (Å²) in [6, 6.07) is 0. The van der Waals surface area contributed by atoms with Crippen LogP contribution in [0.1, 0.15) is 0 Å². The molecular weight excluding hydrogens is 78.0 g/mol. The summed E-state index contributed by atoms with van der Waals surface area (Å²) in [5.74, 6) is 0. The summed E-state index contributed by atoms with van der Waals surface area (Å²) in [7, 11) is 0. The van der Waals surface area contributed by atoms with E-state index in [2.05, 4.69) is 0 Å². The Labute approximate surface area is 36.6 Å². The summed E-state index contributed by atoms with van der Waals surface area (Å²) < 4.78 is 4.84. The molecule has 0 fully saturated rings. The quantitative estimate of drug-likeness (QED) is 0.444. The molecule has 1 aliphatic heterocycles. The largest absolute Gasteiger partial charge is 0.400 e. The van der Waals surface area contributed by atoms with Gasteiger partial charge in [0, 0.05) is 5.70 Å². The van der Waals surface area contributed by atoms with Crippen LogP contribution in [0.25, 0.3) is 0 Å². The summed E-state index contributed by atoms with van der Waals surface area (Å²) >= 11 is 0. The highest BCUT2D eigenvalue weighted by molar-refractivity contribution is 5.00. The Morgan fingerprint density at radius 3 is 2.83 bits per heavy atom. The van der Waals surface area contributed by atoms with Crippen molar-refractivity contribution in [2.45, 2.75) is 0 Å². The maximum Gasteiger partial charge on any atom is 0.0862 e. The lowest BCUT2D eigenvalue weighted by Gasteiger charge is -1.83. The second-order valence-electron chi connectivity index (χ2n) is 1.29. The fourth-order valence-electron chi connectivity index (χ4n) is 0.402. The van der Waals surface area contributed by atoms with Gasteiger partial charge in [0.25, 0.3) is 0 Å². The van der Waals surface area contributed by atoms with Gasteiger partial charge in [0.15, 0.2) is 0 Å². The zero-order chi connectivity index (χ0) is 4.41. The fraction of sp³-hybridized carbons (Fsp3) is 0.500. The molecule has 0 saturated carbocycles. The topological polar surface area (TPSA) is 35.2 Å². The van der Waals surface area contributed by atoms with Crippen LogP contribution in [0.3, 0.4) is 0 Å². The zero-order valence-corrected chi connectivity index (χ0v) is 3.48. The molecule has 0 bridgehead atoms. The van der Waals surface area contributed by atoms with Crippen molar-refractivity contribution >= 4 is 0 Å². The van der Waals surface area contributed by atoms with Crippen LogP contribution < -0.4 is 5.73 Å². The summed E-state index contributed by atoms with van der Waals surface area (Å²) in [5, 5.41) is 0. The third-order valence-corrected chi connectivity index (χ3v) is 0.732. The van der Waals surface area contributed by atoms with Crippen LogP contribution in [0.4, 0.5) is 0 Å². The second-order valence-corrected chi connectivity index (χ2v) is 1.29. The molecular formula is C4H7NO. The van der Waals surface area contributed by atoms with E-state index >= 15 is 0 Å². The van der Waals surface area contributed by atoms with Gasteiger partial charge in [-0.2, -0.15) is 0 Å². The SMILES string of the molecule is NC1=CCOC1. The van der Waals surface area contributed by atoms with Crippen LogP contribution in [0.15, 0.2) is 11.8 Å². The lowest BCUT2D eigenvalue weighted by atomic mass is 10.5. The maximum atomic E-state index is 5.27. The van der Waals surface area contributed by atoms with E-state index in [0.717, 1.165) is 5.70 Å². The first-order valence-electron chi connectivity index (χ1n) is 1.92. The Balaban J connectivity index is 2.45. The minimum atomic E-state index is 0.625. The number of hydrogen-bond acceptors (Lipinski definition) is 2. The molecule has 0 spiro atoms. The lowest BCUT2D eigenvalue weighted by molar-refractivity contribution is 0.208. The third-order valence-electron chi connectivity index (χ3n) is 0.732. The highest BCUT2D eigenvalue weighted by atomic mass is 16.5. The summed E-state index contributed by atoms with van der Waals surface area (Å²) in [6.45, 7) is 1.33. The molecule has 2 nitrogen and oxygen atoms in total. The van der Waals surface area contributed by atoms with Crippen molar-refractivity contribution in [1.82, 2.24) is 0 Å². The highest BCUT2D eigenvalue weighted by Crippen LogP contribution is 1.93. The minimum Gasteiger partial charge on any atom is -0.400 e. The molecule has 0 saturated heterocycles. The molecule has 0 unspecified atom stereocenters. The Kier molecular flexibility index (Phi) is 0.801. The van der Waals surface area contributed by atoms with Crippen LogP contribution in [0, 0.1) is 0 Å². The summed E-state index contributed by atoms with van der Waals surface area (Å²) in [4.78, 5) is 0. The maximum absolute atomic E-state index is 5.27. The van der Waals surface area contributed by atoms with Gasteiger partial charge in [-0.1, -0.05) is 0 Å². The molecule has 6 heavy (non-hydrogen) atoms. The predicted molar refractivity (Wildman–Crippen MR) is 23.1 cm³/mol. The van der Waals surface area contributed by atoms with E-state index in [1.807, 2.05) is 6.08 Å². The summed E-state index contributed by atoms with van der Waals surface area (Å²) in [5.41, 5.74) is 6.13. The Morgan fingerprint density at radius 2 is 2.67 bits per heavy atom. The van der Waals surface area contributed by atoms with Crippen LogP contribution in [0.5, 0.6) is 0 Å². The van der Waals surface area contributed by atoms with Crippen molar-refractivity contribution in [3.05, 3.63) is 11.8 Å². The van der Waals surface area contributed by atoms with E-state index in [9.17, 15) is 0 Å². The Hall–Kier alpha value is -0.500.